The number of rotatable bonds is 15. The van der Waals surface area contributed by atoms with Crippen LogP contribution in [0.4, 0.5) is 16.3 Å². The summed E-state index contributed by atoms with van der Waals surface area (Å²) in [7, 11) is 1.68. The van der Waals surface area contributed by atoms with E-state index in [4.69, 9.17) is 10.5 Å². The monoisotopic (exact) mass is 983 g/mol. The number of nitrogen functional groups attached to an aromatic ring is 1. The number of urea groups is 1. The number of piperidine rings is 3. The molecule has 18 nitrogen and oxygen atoms in total. The Morgan fingerprint density at radius 1 is 0.833 bits per heavy atom. The van der Waals surface area contributed by atoms with Crippen LogP contribution in [-0.4, -0.2) is 166 Å². The van der Waals surface area contributed by atoms with Crippen molar-refractivity contribution in [1.82, 2.24) is 50.0 Å². The van der Waals surface area contributed by atoms with E-state index in [-0.39, 0.29) is 30.3 Å². The number of aromatic nitrogens is 4. The number of anilines is 2. The van der Waals surface area contributed by atoms with Gasteiger partial charge in [-0.25, -0.2) is 14.8 Å². The first-order chi connectivity index (χ1) is 35.1. The lowest BCUT2D eigenvalue weighted by atomic mass is 9.92. The molecule has 3 aromatic carbocycles. The first kappa shape index (κ1) is 51.4. The minimum Gasteiger partial charge on any atom is -0.457 e. The number of aromatic amines is 1. The number of nitrogens with two attached hydrogens (primary N) is 1. The van der Waals surface area contributed by atoms with Gasteiger partial charge in [-0.3, -0.25) is 34.5 Å². The number of amides is 5. The van der Waals surface area contributed by atoms with Crippen LogP contribution < -0.4 is 20.7 Å². The van der Waals surface area contributed by atoms with E-state index in [0.29, 0.717) is 53.7 Å². The number of nitrogens with one attached hydrogen (secondary N) is 2. The molecular weight excluding hydrogens is 913 g/mol. The Labute approximate surface area is 422 Å². The minimum absolute atomic E-state index is 0.126. The first-order valence-electron chi connectivity index (χ1n) is 25.7. The van der Waals surface area contributed by atoms with Gasteiger partial charge < -0.3 is 35.0 Å². The molecule has 6 heterocycles. The number of nitrogens with zero attached hydrogens (tertiary/aromatic N) is 9. The van der Waals surface area contributed by atoms with E-state index in [1.807, 2.05) is 73.7 Å². The van der Waals surface area contributed by atoms with Crippen molar-refractivity contribution in [2.45, 2.75) is 83.2 Å². The predicted molar refractivity (Wildman–Crippen MR) is 278 cm³/mol. The number of hydrogen-bond acceptors (Lipinski definition) is 13. The average Bonchev–Trinajstić information content (AvgIpc) is 3.88. The second-order valence-corrected chi connectivity index (χ2v) is 19.5. The van der Waals surface area contributed by atoms with Gasteiger partial charge in [0.1, 0.15) is 23.6 Å². The number of carbonyl (C=O) groups is 5. The highest BCUT2D eigenvalue weighted by molar-refractivity contribution is 6.02. The van der Waals surface area contributed by atoms with Crippen LogP contribution in [0.15, 0.2) is 79.1 Å². The quantitative estimate of drug-likeness (QED) is 0.0936. The molecule has 1 unspecified atom stereocenters. The fourth-order valence-corrected chi connectivity index (χ4v) is 10.4. The lowest BCUT2D eigenvalue weighted by molar-refractivity contribution is -0.125. The fourth-order valence-electron chi connectivity index (χ4n) is 10.4. The van der Waals surface area contributed by atoms with Gasteiger partial charge in [0.15, 0.2) is 11.9 Å². The summed E-state index contributed by atoms with van der Waals surface area (Å²) < 4.78 is 5.79. The molecule has 4 aliphatic heterocycles. The first-order valence-corrected chi connectivity index (χ1v) is 25.7. The third-order valence-electron chi connectivity index (χ3n) is 15.0. The van der Waals surface area contributed by atoms with Crippen molar-refractivity contribution >= 4 is 53.1 Å². The second-order valence-electron chi connectivity index (χ2n) is 19.5. The molecule has 18 heteroatoms. The van der Waals surface area contributed by atoms with Crippen LogP contribution in [-0.2, 0) is 9.59 Å². The van der Waals surface area contributed by atoms with Gasteiger partial charge >= 0.3 is 6.03 Å². The highest BCUT2D eigenvalue weighted by Gasteiger charge is 2.32. The zero-order valence-electron chi connectivity index (χ0n) is 41.8. The van der Waals surface area contributed by atoms with Crippen molar-refractivity contribution in [3.8, 4) is 22.8 Å². The van der Waals surface area contributed by atoms with Crippen LogP contribution in [0.1, 0.15) is 91.8 Å². The summed E-state index contributed by atoms with van der Waals surface area (Å²) in [5.41, 5.74) is 9.87. The van der Waals surface area contributed by atoms with Crippen molar-refractivity contribution in [3.05, 3.63) is 90.3 Å². The summed E-state index contributed by atoms with van der Waals surface area (Å²) in [4.78, 5) is 82.0. The van der Waals surface area contributed by atoms with Crippen LogP contribution in [0, 0.1) is 5.92 Å². The molecular formula is C54H70N12O6. The van der Waals surface area contributed by atoms with E-state index in [0.717, 1.165) is 125 Å². The van der Waals surface area contributed by atoms with Crippen molar-refractivity contribution in [1.29, 1.82) is 0 Å². The molecule has 5 amide bonds. The van der Waals surface area contributed by atoms with Crippen LogP contribution in [0.25, 0.3) is 22.3 Å². The number of ether oxygens (including phenoxy) is 1. The van der Waals surface area contributed by atoms with Crippen molar-refractivity contribution in [3.63, 3.8) is 0 Å². The Bertz CT molecular complexity index is 2580. The van der Waals surface area contributed by atoms with Gasteiger partial charge in [-0.1, -0.05) is 24.6 Å². The van der Waals surface area contributed by atoms with Gasteiger partial charge in [0.2, 0.25) is 12.3 Å². The molecule has 1 atom stereocenters. The molecule has 4 fully saturated rings. The number of fused-ring (bicyclic) bond motifs is 1. The summed E-state index contributed by atoms with van der Waals surface area (Å²) in [6, 6.07) is 23.4. The minimum atomic E-state index is -0.384. The molecule has 4 N–H and O–H groups in total. The number of para-hydroxylation sites is 1. The predicted octanol–water partition coefficient (Wildman–Crippen LogP) is 6.70. The number of imide groups is 1. The maximum Gasteiger partial charge on any atom is 0.320 e. The summed E-state index contributed by atoms with van der Waals surface area (Å²) >= 11 is 0. The normalized spacial score (nSPS) is 17.7. The van der Waals surface area contributed by atoms with E-state index >= 15 is 0 Å². The van der Waals surface area contributed by atoms with Crippen LogP contribution in [0.2, 0.25) is 0 Å². The van der Waals surface area contributed by atoms with Crippen LogP contribution in [0.3, 0.4) is 0 Å². The molecule has 4 saturated heterocycles. The number of carbonyl (C=O) groups excluding carboxylic acids is 5. The molecule has 0 spiro atoms. The van der Waals surface area contributed by atoms with E-state index in [1.54, 1.807) is 18.0 Å². The Kier molecular flexibility index (Phi) is 17.8. The van der Waals surface area contributed by atoms with Crippen molar-refractivity contribution < 1.29 is 28.7 Å². The summed E-state index contributed by atoms with van der Waals surface area (Å²) in [5.74, 6) is 1.95. The Hall–Kier alpha value is -6.92. The molecule has 2 aromatic heterocycles. The zero-order valence-corrected chi connectivity index (χ0v) is 41.8. The number of H-pyrrole nitrogens is 1. The standard InChI is InChI=1S/C37H57N7O5.C17H13N5O/c1-29(6-9-35(47)38-28-46)39(2)36(48)34-26-33(8-7-31(34)27-45)42-18-11-30(12-19-42)10-17-40-22-24-44(25-23-40)37(49)43-20-13-32(14-21-43)41-15-4-3-5-16-41;18-16-14-15(21-22-17(14)20-10-19-16)11-6-8-13(9-7-11)23-12-4-2-1-3-5-12/h7-8,26-30,32H,3-6,9-25H2,1-2H3,(H,38,46,47);1-10H,(H3,18,19,20,21,22). The smallest absolute Gasteiger partial charge is 0.320 e. The second kappa shape index (κ2) is 25.0. The number of benzene rings is 3. The lowest BCUT2D eigenvalue weighted by Gasteiger charge is -2.43. The third-order valence-corrected chi connectivity index (χ3v) is 15.0. The molecule has 0 bridgehead atoms. The maximum atomic E-state index is 13.4. The number of likely N-dealkylation sites (tertiary alicyclic amines) is 2. The molecule has 72 heavy (non-hydrogen) atoms. The largest absolute Gasteiger partial charge is 0.457 e. The van der Waals surface area contributed by atoms with Gasteiger partial charge in [0, 0.05) is 94.7 Å². The topological polar surface area (TPSA) is 207 Å². The van der Waals surface area contributed by atoms with Gasteiger partial charge in [-0.05, 0) is 138 Å². The molecule has 382 valence electrons. The number of piperazine rings is 1. The Morgan fingerprint density at radius 2 is 1.53 bits per heavy atom. The molecule has 0 aliphatic carbocycles. The Balaban J connectivity index is 0.000000249. The molecule has 5 aromatic rings. The third kappa shape index (κ3) is 13.1. The molecule has 9 rings (SSSR count). The van der Waals surface area contributed by atoms with E-state index in [9.17, 15) is 24.0 Å². The highest BCUT2D eigenvalue weighted by atomic mass is 16.5. The Morgan fingerprint density at radius 3 is 2.22 bits per heavy atom. The van der Waals surface area contributed by atoms with Gasteiger partial charge in [-0.15, -0.1) is 0 Å². The van der Waals surface area contributed by atoms with Gasteiger partial charge in [-0.2, -0.15) is 5.10 Å². The summed E-state index contributed by atoms with van der Waals surface area (Å²) in [6.45, 7) is 12.4. The fraction of sp³-hybridized carbons (Fsp3) is 0.481. The summed E-state index contributed by atoms with van der Waals surface area (Å²) in [5, 5.41) is 9.97. The number of hydrogen-bond donors (Lipinski definition) is 3. The number of aldehydes is 1. The van der Waals surface area contributed by atoms with Gasteiger partial charge in [0.25, 0.3) is 5.91 Å². The SMILES string of the molecule is CC(CCC(=O)NC=O)N(C)C(=O)c1cc(N2CCC(CCN3CCN(C(=O)N4CCC(N5CCCCC5)CC4)CC3)CC2)ccc1C=O.Nc1ncnc2n[nH]c(-c3ccc(Oc4ccccc4)cc3)c12. The molecule has 0 saturated carbocycles. The molecule has 4 aliphatic rings. The highest BCUT2D eigenvalue weighted by Crippen LogP contribution is 2.32. The van der Waals surface area contributed by atoms with E-state index < -0.39 is 0 Å². The van der Waals surface area contributed by atoms with E-state index in [1.165, 1.54) is 38.7 Å². The maximum absolute atomic E-state index is 13.4. The molecule has 0 radical (unpaired) electrons. The van der Waals surface area contributed by atoms with Gasteiger partial charge in [0.05, 0.1) is 16.6 Å². The van der Waals surface area contributed by atoms with Crippen LogP contribution >= 0.6 is 0 Å². The van der Waals surface area contributed by atoms with E-state index in [2.05, 4.69) is 50.0 Å². The van der Waals surface area contributed by atoms with Crippen LogP contribution in [0.5, 0.6) is 11.5 Å². The van der Waals surface area contributed by atoms with Crippen molar-refractivity contribution in [2.75, 3.05) is 89.7 Å². The zero-order chi connectivity index (χ0) is 50.4. The lowest BCUT2D eigenvalue weighted by Crippen LogP contribution is -2.55. The summed E-state index contributed by atoms with van der Waals surface area (Å²) in [6.07, 6.45) is 12.5. The average molecular weight is 983 g/mol. The van der Waals surface area contributed by atoms with Crippen molar-refractivity contribution in [2.24, 2.45) is 5.92 Å².